The molecule has 0 spiro atoms. The molecule has 1 amide bonds. The van der Waals surface area contributed by atoms with E-state index in [1.54, 1.807) is 12.0 Å². The van der Waals surface area contributed by atoms with Crippen molar-refractivity contribution in [1.82, 2.24) is 14.7 Å². The van der Waals surface area contributed by atoms with Crippen LogP contribution in [0.15, 0.2) is 24.3 Å². The molecule has 1 fully saturated rings. The third-order valence-electron chi connectivity index (χ3n) is 3.92. The normalized spacial score (nSPS) is 15.2. The highest BCUT2D eigenvalue weighted by Gasteiger charge is 2.20. The van der Waals surface area contributed by atoms with E-state index in [4.69, 9.17) is 17.0 Å². The van der Waals surface area contributed by atoms with Crippen LogP contribution >= 0.6 is 12.2 Å². The van der Waals surface area contributed by atoms with E-state index in [1.165, 1.54) is 0 Å². The quantitative estimate of drug-likeness (QED) is 0.831. The van der Waals surface area contributed by atoms with E-state index in [0.29, 0.717) is 5.11 Å². The minimum absolute atomic E-state index is 0.111. The van der Waals surface area contributed by atoms with E-state index in [9.17, 15) is 4.79 Å². The third kappa shape index (κ3) is 5.07. The third-order valence-corrected chi connectivity index (χ3v) is 4.33. The number of anilines is 1. The van der Waals surface area contributed by atoms with Crippen LogP contribution in [0.2, 0.25) is 0 Å². The SMILES string of the molecule is COc1ccc(NC(=S)N(C)CC(=O)N2CCN(C)CC2)cc1. The van der Waals surface area contributed by atoms with Crippen molar-refractivity contribution in [2.45, 2.75) is 0 Å². The van der Waals surface area contributed by atoms with Crippen molar-refractivity contribution in [3.05, 3.63) is 24.3 Å². The minimum Gasteiger partial charge on any atom is -0.497 e. The second-order valence-electron chi connectivity index (χ2n) is 5.70. The number of likely N-dealkylation sites (N-methyl/N-ethyl adjacent to an activating group) is 2. The van der Waals surface area contributed by atoms with Crippen LogP contribution in [0.5, 0.6) is 5.75 Å². The fraction of sp³-hybridized carbons (Fsp3) is 0.500. The Hall–Kier alpha value is -1.86. The van der Waals surface area contributed by atoms with Gasteiger partial charge in [-0.3, -0.25) is 4.79 Å². The van der Waals surface area contributed by atoms with E-state index in [2.05, 4.69) is 17.3 Å². The molecule has 0 aliphatic carbocycles. The number of rotatable bonds is 4. The largest absolute Gasteiger partial charge is 0.497 e. The molecule has 0 bridgehead atoms. The smallest absolute Gasteiger partial charge is 0.242 e. The summed E-state index contributed by atoms with van der Waals surface area (Å²) in [5.74, 6) is 0.902. The maximum atomic E-state index is 12.3. The summed E-state index contributed by atoms with van der Waals surface area (Å²) in [6.07, 6.45) is 0. The van der Waals surface area contributed by atoms with Gasteiger partial charge < -0.3 is 24.8 Å². The van der Waals surface area contributed by atoms with E-state index in [1.807, 2.05) is 36.2 Å². The second kappa shape index (κ2) is 8.12. The van der Waals surface area contributed by atoms with Crippen molar-refractivity contribution < 1.29 is 9.53 Å². The first-order chi connectivity index (χ1) is 11.0. The Labute approximate surface area is 143 Å². The van der Waals surface area contributed by atoms with Crippen LogP contribution in [-0.2, 0) is 4.79 Å². The van der Waals surface area contributed by atoms with Crippen molar-refractivity contribution in [1.29, 1.82) is 0 Å². The van der Waals surface area contributed by atoms with Crippen LogP contribution in [0.4, 0.5) is 5.69 Å². The van der Waals surface area contributed by atoms with Crippen molar-refractivity contribution in [2.24, 2.45) is 0 Å². The van der Waals surface area contributed by atoms with Gasteiger partial charge in [0.25, 0.3) is 0 Å². The molecule has 0 aromatic heterocycles. The maximum absolute atomic E-state index is 12.3. The Balaban J connectivity index is 1.83. The van der Waals surface area contributed by atoms with Crippen LogP contribution < -0.4 is 10.1 Å². The van der Waals surface area contributed by atoms with Gasteiger partial charge in [0.15, 0.2) is 5.11 Å². The lowest BCUT2D eigenvalue weighted by Gasteiger charge is -2.33. The molecule has 0 unspecified atom stereocenters. The first kappa shape index (κ1) is 17.5. The number of hydrogen-bond acceptors (Lipinski definition) is 4. The van der Waals surface area contributed by atoms with Gasteiger partial charge in [0.2, 0.25) is 5.91 Å². The summed E-state index contributed by atoms with van der Waals surface area (Å²) >= 11 is 5.36. The zero-order valence-corrected chi connectivity index (χ0v) is 14.7. The number of ether oxygens (including phenoxy) is 1. The summed E-state index contributed by atoms with van der Waals surface area (Å²) in [5.41, 5.74) is 0.870. The lowest BCUT2D eigenvalue weighted by molar-refractivity contribution is -0.132. The summed E-state index contributed by atoms with van der Waals surface area (Å²) in [5, 5.41) is 3.66. The van der Waals surface area contributed by atoms with Gasteiger partial charge in [0, 0.05) is 38.9 Å². The predicted molar refractivity (Wildman–Crippen MR) is 95.9 cm³/mol. The number of carbonyl (C=O) groups is 1. The number of hydrogen-bond donors (Lipinski definition) is 1. The summed E-state index contributed by atoms with van der Waals surface area (Å²) in [6, 6.07) is 7.50. The lowest BCUT2D eigenvalue weighted by atomic mass is 10.3. The highest BCUT2D eigenvalue weighted by atomic mass is 32.1. The van der Waals surface area contributed by atoms with Gasteiger partial charge in [-0.05, 0) is 43.5 Å². The number of amides is 1. The van der Waals surface area contributed by atoms with Crippen LogP contribution in [0.25, 0.3) is 0 Å². The summed E-state index contributed by atoms with van der Waals surface area (Å²) in [7, 11) is 5.53. The van der Waals surface area contributed by atoms with E-state index in [-0.39, 0.29) is 12.5 Å². The molecule has 7 heteroatoms. The number of nitrogens with zero attached hydrogens (tertiary/aromatic N) is 3. The fourth-order valence-electron chi connectivity index (χ4n) is 2.32. The van der Waals surface area contributed by atoms with Crippen molar-refractivity contribution >= 4 is 28.9 Å². The number of carbonyl (C=O) groups excluding carboxylic acids is 1. The molecule has 1 aliphatic rings. The van der Waals surface area contributed by atoms with Gasteiger partial charge in [0.05, 0.1) is 13.7 Å². The molecule has 1 aromatic carbocycles. The Bertz CT molecular complexity index is 542. The molecular weight excluding hydrogens is 312 g/mol. The molecule has 2 rings (SSSR count). The highest BCUT2D eigenvalue weighted by molar-refractivity contribution is 7.80. The Morgan fingerprint density at radius 1 is 1.26 bits per heavy atom. The number of thiocarbonyl (C=S) groups is 1. The molecule has 0 saturated carbocycles. The number of benzene rings is 1. The molecule has 1 aromatic rings. The van der Waals surface area contributed by atoms with Crippen LogP contribution in [0.1, 0.15) is 0 Å². The average molecular weight is 336 g/mol. The van der Waals surface area contributed by atoms with Gasteiger partial charge >= 0.3 is 0 Å². The van der Waals surface area contributed by atoms with E-state index >= 15 is 0 Å². The van der Waals surface area contributed by atoms with Gasteiger partial charge in [-0.15, -0.1) is 0 Å². The Morgan fingerprint density at radius 3 is 2.43 bits per heavy atom. The van der Waals surface area contributed by atoms with Gasteiger partial charge in [-0.1, -0.05) is 0 Å². The second-order valence-corrected chi connectivity index (χ2v) is 6.09. The van der Waals surface area contributed by atoms with Gasteiger partial charge in [-0.2, -0.15) is 0 Å². The van der Waals surface area contributed by atoms with E-state index < -0.39 is 0 Å². The minimum atomic E-state index is 0.111. The predicted octanol–water partition coefficient (Wildman–Crippen LogP) is 1.10. The topological polar surface area (TPSA) is 48.1 Å². The van der Waals surface area contributed by atoms with Crippen molar-refractivity contribution in [3.8, 4) is 5.75 Å². The van der Waals surface area contributed by atoms with Crippen molar-refractivity contribution in [2.75, 3.05) is 59.2 Å². The molecule has 1 heterocycles. The molecule has 1 saturated heterocycles. The Kier molecular flexibility index (Phi) is 6.18. The molecule has 6 nitrogen and oxygen atoms in total. The number of methoxy groups -OCH3 is 1. The zero-order chi connectivity index (χ0) is 16.8. The average Bonchev–Trinajstić information content (AvgIpc) is 2.56. The summed E-state index contributed by atoms with van der Waals surface area (Å²) < 4.78 is 5.12. The van der Waals surface area contributed by atoms with Gasteiger partial charge in [0.1, 0.15) is 5.75 Å². The molecule has 1 N–H and O–H groups in total. The van der Waals surface area contributed by atoms with Crippen LogP contribution in [0, 0.1) is 0 Å². The molecule has 1 aliphatic heterocycles. The number of piperazine rings is 1. The Morgan fingerprint density at radius 2 is 1.87 bits per heavy atom. The zero-order valence-electron chi connectivity index (χ0n) is 13.9. The summed E-state index contributed by atoms with van der Waals surface area (Å²) in [6.45, 7) is 3.68. The molecule has 0 atom stereocenters. The monoisotopic (exact) mass is 336 g/mol. The van der Waals surface area contributed by atoms with Crippen molar-refractivity contribution in [3.63, 3.8) is 0 Å². The van der Waals surface area contributed by atoms with Gasteiger partial charge in [-0.25, -0.2) is 0 Å². The van der Waals surface area contributed by atoms with Crippen LogP contribution in [-0.4, -0.2) is 79.6 Å². The molecular formula is C16H24N4O2S. The molecule has 0 radical (unpaired) electrons. The number of nitrogens with one attached hydrogen (secondary N) is 1. The first-order valence-electron chi connectivity index (χ1n) is 7.62. The molecule has 23 heavy (non-hydrogen) atoms. The summed E-state index contributed by atoms with van der Waals surface area (Å²) in [4.78, 5) is 18.2. The standard InChI is InChI=1S/C16H24N4O2S/c1-18-8-10-20(11-9-18)15(21)12-19(2)16(23)17-13-4-6-14(22-3)7-5-13/h4-7H,8-12H2,1-3H3,(H,17,23). The van der Waals surface area contributed by atoms with Crippen LogP contribution in [0.3, 0.4) is 0 Å². The van der Waals surface area contributed by atoms with E-state index in [0.717, 1.165) is 37.6 Å². The fourth-order valence-corrected chi connectivity index (χ4v) is 2.51. The first-order valence-corrected chi connectivity index (χ1v) is 8.03. The highest BCUT2D eigenvalue weighted by Crippen LogP contribution is 2.15. The lowest BCUT2D eigenvalue weighted by Crippen LogP contribution is -2.50. The maximum Gasteiger partial charge on any atom is 0.242 e. The molecule has 126 valence electrons.